The van der Waals surface area contributed by atoms with Gasteiger partial charge in [-0.15, -0.1) is 0 Å². The molecule has 0 amide bonds. The lowest BCUT2D eigenvalue weighted by atomic mass is 10.1. The maximum absolute atomic E-state index is 13.4. The molecule has 7 nitrogen and oxygen atoms in total. The number of halogens is 1. The van der Waals surface area contributed by atoms with E-state index >= 15 is 0 Å². The lowest BCUT2D eigenvalue weighted by molar-refractivity contribution is 0.407. The van der Waals surface area contributed by atoms with Gasteiger partial charge in [-0.1, -0.05) is 0 Å². The van der Waals surface area contributed by atoms with Gasteiger partial charge >= 0.3 is 5.63 Å². The molecule has 29 heavy (non-hydrogen) atoms. The van der Waals surface area contributed by atoms with Crippen LogP contribution in [0.5, 0.6) is 0 Å². The molecule has 1 fully saturated rings. The van der Waals surface area contributed by atoms with Gasteiger partial charge in [0.1, 0.15) is 5.58 Å². The standard InChI is InChI=1S/C21H20FN5O2/c1-12-8-26(9-13(2)24-12)16-4-3-14-5-17(20(28)29-19(14)6-16)18-11-27-10-15(22)7-23-21(27)25-18/h3-7,10-13,24H,8-9H2,1-2H3. The molecule has 2 unspecified atom stereocenters. The van der Waals surface area contributed by atoms with Crippen LogP contribution in [0.3, 0.4) is 0 Å². The van der Waals surface area contributed by atoms with Gasteiger partial charge in [0, 0.05) is 54.7 Å². The molecule has 4 heterocycles. The number of benzene rings is 1. The van der Waals surface area contributed by atoms with Crippen LogP contribution in [0.2, 0.25) is 0 Å². The number of aromatic nitrogens is 3. The first kappa shape index (κ1) is 17.8. The van der Waals surface area contributed by atoms with E-state index in [1.807, 2.05) is 18.2 Å². The summed E-state index contributed by atoms with van der Waals surface area (Å²) in [6.07, 6.45) is 3.93. The first-order valence-corrected chi connectivity index (χ1v) is 9.56. The van der Waals surface area contributed by atoms with E-state index in [0.717, 1.165) is 30.4 Å². The van der Waals surface area contributed by atoms with Crippen molar-refractivity contribution in [3.05, 3.63) is 59.1 Å². The van der Waals surface area contributed by atoms with Crippen molar-refractivity contribution in [2.45, 2.75) is 25.9 Å². The van der Waals surface area contributed by atoms with E-state index in [-0.39, 0.29) is 0 Å². The Morgan fingerprint density at radius 1 is 1.17 bits per heavy atom. The quantitative estimate of drug-likeness (QED) is 0.528. The van der Waals surface area contributed by atoms with Gasteiger partial charge in [-0.25, -0.2) is 19.2 Å². The first-order chi connectivity index (χ1) is 14.0. The summed E-state index contributed by atoms with van der Waals surface area (Å²) in [6.45, 7) is 6.10. The normalized spacial score (nSPS) is 19.9. The Bertz CT molecular complexity index is 1270. The van der Waals surface area contributed by atoms with Crippen molar-refractivity contribution < 1.29 is 8.81 Å². The van der Waals surface area contributed by atoms with Crippen molar-refractivity contribution in [3.8, 4) is 11.3 Å². The van der Waals surface area contributed by atoms with Crippen LogP contribution < -0.4 is 15.8 Å². The summed E-state index contributed by atoms with van der Waals surface area (Å²) in [5, 5.41) is 4.31. The van der Waals surface area contributed by atoms with Gasteiger partial charge in [-0.2, -0.15) is 0 Å². The Balaban J connectivity index is 1.55. The summed E-state index contributed by atoms with van der Waals surface area (Å²) in [5.41, 5.74) is 1.79. The Morgan fingerprint density at radius 2 is 1.97 bits per heavy atom. The van der Waals surface area contributed by atoms with Gasteiger partial charge < -0.3 is 14.6 Å². The van der Waals surface area contributed by atoms with Crippen molar-refractivity contribution in [2.75, 3.05) is 18.0 Å². The molecule has 8 heteroatoms. The second-order valence-corrected chi connectivity index (χ2v) is 7.65. The van der Waals surface area contributed by atoms with Gasteiger partial charge in [0.15, 0.2) is 5.82 Å². The van der Waals surface area contributed by atoms with Crippen LogP contribution in [0.1, 0.15) is 13.8 Å². The number of nitrogens with zero attached hydrogens (tertiary/aromatic N) is 4. The Labute approximate surface area is 165 Å². The summed E-state index contributed by atoms with van der Waals surface area (Å²) in [7, 11) is 0. The number of anilines is 1. The minimum atomic E-state index is -0.486. The molecule has 1 aromatic carbocycles. The average Bonchev–Trinajstić information content (AvgIpc) is 3.09. The lowest BCUT2D eigenvalue weighted by Crippen LogP contribution is -2.54. The largest absolute Gasteiger partial charge is 0.422 e. The zero-order valence-electron chi connectivity index (χ0n) is 16.1. The van der Waals surface area contributed by atoms with Crippen LogP contribution >= 0.6 is 0 Å². The first-order valence-electron chi connectivity index (χ1n) is 9.56. The molecule has 0 saturated carbocycles. The molecule has 0 spiro atoms. The van der Waals surface area contributed by atoms with Crippen molar-refractivity contribution >= 4 is 22.4 Å². The maximum Gasteiger partial charge on any atom is 0.345 e. The van der Waals surface area contributed by atoms with E-state index < -0.39 is 11.4 Å². The fourth-order valence-corrected chi connectivity index (χ4v) is 4.00. The number of piperazine rings is 1. The molecule has 1 saturated heterocycles. The Morgan fingerprint density at radius 3 is 2.76 bits per heavy atom. The summed E-state index contributed by atoms with van der Waals surface area (Å²) in [4.78, 5) is 23.2. The van der Waals surface area contributed by atoms with Gasteiger partial charge in [0.05, 0.1) is 17.5 Å². The molecule has 5 rings (SSSR count). The highest BCUT2D eigenvalue weighted by Crippen LogP contribution is 2.26. The van der Waals surface area contributed by atoms with Crippen molar-refractivity contribution in [1.29, 1.82) is 0 Å². The number of hydrogen-bond donors (Lipinski definition) is 1. The van der Waals surface area contributed by atoms with Gasteiger partial charge in [0.2, 0.25) is 5.78 Å². The zero-order valence-corrected chi connectivity index (χ0v) is 16.1. The molecule has 148 valence electrons. The summed E-state index contributed by atoms with van der Waals surface area (Å²) in [6, 6.07) is 8.42. The van der Waals surface area contributed by atoms with Crippen LogP contribution in [-0.2, 0) is 0 Å². The fourth-order valence-electron chi connectivity index (χ4n) is 4.00. The molecule has 1 aliphatic heterocycles. The lowest BCUT2D eigenvalue weighted by Gasteiger charge is -2.37. The van der Waals surface area contributed by atoms with E-state index in [2.05, 4.69) is 34.0 Å². The van der Waals surface area contributed by atoms with Gasteiger partial charge in [-0.3, -0.25) is 4.40 Å². The highest BCUT2D eigenvalue weighted by Gasteiger charge is 2.21. The topological polar surface area (TPSA) is 75.7 Å². The Kier molecular flexibility index (Phi) is 4.09. The second-order valence-electron chi connectivity index (χ2n) is 7.65. The summed E-state index contributed by atoms with van der Waals surface area (Å²) in [5.74, 6) is -0.158. The minimum Gasteiger partial charge on any atom is -0.422 e. The molecular formula is C21H20FN5O2. The van der Waals surface area contributed by atoms with Crippen LogP contribution in [0.15, 0.2) is 52.1 Å². The number of rotatable bonds is 2. The predicted octanol–water partition coefficient (Wildman–Crippen LogP) is 2.83. The molecule has 1 N–H and O–H groups in total. The highest BCUT2D eigenvalue weighted by molar-refractivity contribution is 5.84. The summed E-state index contributed by atoms with van der Waals surface area (Å²) >= 11 is 0. The fraction of sp³-hybridized carbons (Fsp3) is 0.286. The van der Waals surface area contributed by atoms with E-state index in [9.17, 15) is 9.18 Å². The van der Waals surface area contributed by atoms with Crippen LogP contribution in [-0.4, -0.2) is 39.5 Å². The van der Waals surface area contributed by atoms with E-state index in [0.29, 0.717) is 34.7 Å². The predicted molar refractivity (Wildman–Crippen MR) is 109 cm³/mol. The number of nitrogens with one attached hydrogen (secondary N) is 1. The molecule has 2 atom stereocenters. The monoisotopic (exact) mass is 393 g/mol. The number of hydrogen-bond acceptors (Lipinski definition) is 6. The second kappa shape index (κ2) is 6.66. The average molecular weight is 393 g/mol. The van der Waals surface area contributed by atoms with Crippen molar-refractivity contribution in [1.82, 2.24) is 19.7 Å². The Hall–Kier alpha value is -3.26. The van der Waals surface area contributed by atoms with E-state index in [1.165, 1.54) is 10.6 Å². The molecule has 1 aliphatic rings. The third kappa shape index (κ3) is 3.25. The van der Waals surface area contributed by atoms with Crippen LogP contribution in [0.4, 0.5) is 10.1 Å². The molecule has 0 bridgehead atoms. The molecule has 0 radical (unpaired) electrons. The zero-order chi connectivity index (χ0) is 20.1. The molecular weight excluding hydrogens is 373 g/mol. The molecule has 3 aromatic heterocycles. The van der Waals surface area contributed by atoms with Crippen LogP contribution in [0, 0.1) is 5.82 Å². The van der Waals surface area contributed by atoms with Crippen molar-refractivity contribution in [2.24, 2.45) is 0 Å². The minimum absolute atomic E-state index is 0.318. The maximum atomic E-state index is 13.4. The SMILES string of the molecule is CC1CN(c2ccc3cc(-c4cn5cc(F)cnc5n4)c(=O)oc3c2)CC(C)N1. The molecule has 0 aliphatic carbocycles. The summed E-state index contributed by atoms with van der Waals surface area (Å²) < 4.78 is 20.4. The van der Waals surface area contributed by atoms with Crippen molar-refractivity contribution in [3.63, 3.8) is 0 Å². The van der Waals surface area contributed by atoms with E-state index in [4.69, 9.17) is 4.42 Å². The van der Waals surface area contributed by atoms with E-state index in [1.54, 1.807) is 12.3 Å². The third-order valence-corrected chi connectivity index (χ3v) is 5.20. The van der Waals surface area contributed by atoms with Gasteiger partial charge in [0.25, 0.3) is 0 Å². The van der Waals surface area contributed by atoms with Crippen LogP contribution in [0.25, 0.3) is 28.0 Å². The molecule has 4 aromatic rings. The number of imidazole rings is 1. The van der Waals surface area contributed by atoms with Gasteiger partial charge in [-0.05, 0) is 32.0 Å². The highest BCUT2D eigenvalue weighted by atomic mass is 19.1. The number of fused-ring (bicyclic) bond motifs is 2. The smallest absolute Gasteiger partial charge is 0.345 e. The third-order valence-electron chi connectivity index (χ3n) is 5.20.